The summed E-state index contributed by atoms with van der Waals surface area (Å²) in [6.07, 6.45) is 0.689. The van der Waals surface area contributed by atoms with Gasteiger partial charge in [0.15, 0.2) is 0 Å². The zero-order valence-corrected chi connectivity index (χ0v) is 8.96. The Morgan fingerprint density at radius 2 is 2.07 bits per heavy atom. The third-order valence-electron chi connectivity index (χ3n) is 1.81. The number of carboxylic acid groups (broad SMARTS) is 1. The van der Waals surface area contributed by atoms with Crippen LogP contribution < -0.4 is 11.1 Å². The highest BCUT2D eigenvalue weighted by atomic mass is 16.4. The van der Waals surface area contributed by atoms with Crippen molar-refractivity contribution in [1.82, 2.24) is 5.32 Å². The van der Waals surface area contributed by atoms with Crippen LogP contribution in [-0.2, 0) is 9.59 Å². The van der Waals surface area contributed by atoms with Crippen LogP contribution in [0.3, 0.4) is 0 Å². The fourth-order valence-electron chi connectivity index (χ4n) is 0.749. The van der Waals surface area contributed by atoms with Gasteiger partial charge in [-0.15, -0.1) is 5.92 Å². The Morgan fingerprint density at radius 3 is 2.53 bits per heavy atom. The Balaban J connectivity index is 3.78. The lowest BCUT2D eigenvalue weighted by molar-refractivity contribution is -0.142. The number of carbonyl (C=O) groups excluding carboxylic acids is 1. The molecule has 5 heteroatoms. The third-order valence-corrected chi connectivity index (χ3v) is 1.81. The van der Waals surface area contributed by atoms with E-state index in [1.54, 1.807) is 0 Å². The Hall–Kier alpha value is -1.54. The van der Waals surface area contributed by atoms with Crippen molar-refractivity contribution >= 4 is 11.9 Å². The van der Waals surface area contributed by atoms with Crippen molar-refractivity contribution in [2.45, 2.75) is 32.2 Å². The molecule has 0 radical (unpaired) electrons. The first-order valence-corrected chi connectivity index (χ1v) is 4.58. The summed E-state index contributed by atoms with van der Waals surface area (Å²) in [7, 11) is 0. The Labute approximate surface area is 89.0 Å². The molecule has 0 spiro atoms. The lowest BCUT2D eigenvalue weighted by Crippen LogP contribution is -2.44. The largest absolute Gasteiger partial charge is 0.480 e. The van der Waals surface area contributed by atoms with E-state index in [0.29, 0.717) is 6.42 Å². The number of carboxylic acids is 1. The van der Waals surface area contributed by atoms with Crippen LogP contribution in [0.15, 0.2) is 0 Å². The molecule has 84 valence electrons. The summed E-state index contributed by atoms with van der Waals surface area (Å²) in [5.74, 6) is 4.27. The second-order valence-electron chi connectivity index (χ2n) is 3.49. The number of carbonyl (C=O) groups is 2. The van der Waals surface area contributed by atoms with Gasteiger partial charge in [0.25, 0.3) is 0 Å². The van der Waals surface area contributed by atoms with Crippen molar-refractivity contribution in [1.29, 1.82) is 0 Å². The average molecular weight is 212 g/mol. The van der Waals surface area contributed by atoms with Crippen molar-refractivity contribution in [3.63, 3.8) is 0 Å². The van der Waals surface area contributed by atoms with Crippen LogP contribution in [0.2, 0.25) is 0 Å². The van der Waals surface area contributed by atoms with E-state index in [1.807, 2.05) is 0 Å². The standard InChI is InChI=1S/C10H16N2O3/c1-8(13)12-7-5-3-4-6-10(2,11)9(14)15/h4,6-7,11H2,1-2H3,(H,12,13)(H,14,15). The Kier molecular flexibility index (Phi) is 5.42. The molecule has 15 heavy (non-hydrogen) atoms. The molecule has 0 heterocycles. The van der Waals surface area contributed by atoms with E-state index >= 15 is 0 Å². The van der Waals surface area contributed by atoms with Gasteiger partial charge >= 0.3 is 5.97 Å². The first kappa shape index (κ1) is 13.5. The number of nitrogens with one attached hydrogen (secondary N) is 1. The summed E-state index contributed by atoms with van der Waals surface area (Å²) >= 11 is 0. The SMILES string of the molecule is CC(=O)NCC#CCCC(C)(N)C(=O)O. The quantitative estimate of drug-likeness (QED) is 0.558. The predicted molar refractivity (Wildman–Crippen MR) is 55.9 cm³/mol. The first-order valence-electron chi connectivity index (χ1n) is 4.58. The van der Waals surface area contributed by atoms with Crippen LogP contribution >= 0.6 is 0 Å². The molecule has 0 aliphatic rings. The van der Waals surface area contributed by atoms with Crippen LogP contribution in [-0.4, -0.2) is 29.1 Å². The molecule has 5 nitrogen and oxygen atoms in total. The Bertz CT molecular complexity index is 300. The van der Waals surface area contributed by atoms with E-state index in [2.05, 4.69) is 17.2 Å². The third kappa shape index (κ3) is 6.52. The topological polar surface area (TPSA) is 92.4 Å². The zero-order chi connectivity index (χ0) is 11.9. The number of aliphatic carboxylic acids is 1. The summed E-state index contributed by atoms with van der Waals surface area (Å²) in [4.78, 5) is 21.0. The van der Waals surface area contributed by atoms with Gasteiger partial charge in [0.1, 0.15) is 5.54 Å². The van der Waals surface area contributed by atoms with Gasteiger partial charge in [0.05, 0.1) is 6.54 Å². The number of amides is 1. The summed E-state index contributed by atoms with van der Waals surface area (Å²) in [6.45, 7) is 3.14. The van der Waals surface area contributed by atoms with Crippen molar-refractivity contribution < 1.29 is 14.7 Å². The number of hydrogen-bond acceptors (Lipinski definition) is 3. The second-order valence-corrected chi connectivity index (χ2v) is 3.49. The van der Waals surface area contributed by atoms with Gasteiger partial charge in [-0.25, -0.2) is 0 Å². The highest BCUT2D eigenvalue weighted by Crippen LogP contribution is 2.07. The molecule has 0 aromatic carbocycles. The molecule has 0 aromatic heterocycles. The van der Waals surface area contributed by atoms with Gasteiger partial charge in [-0.3, -0.25) is 9.59 Å². The molecule has 0 fully saturated rings. The van der Waals surface area contributed by atoms with Crippen molar-refractivity contribution in [2.24, 2.45) is 5.73 Å². The summed E-state index contributed by atoms with van der Waals surface area (Å²) in [5, 5.41) is 11.2. The molecule has 1 amide bonds. The molecule has 0 aliphatic heterocycles. The smallest absolute Gasteiger partial charge is 0.323 e. The molecule has 0 aromatic rings. The summed E-state index contributed by atoms with van der Waals surface area (Å²) in [5.41, 5.74) is 4.25. The maximum Gasteiger partial charge on any atom is 0.323 e. The van der Waals surface area contributed by atoms with Crippen molar-refractivity contribution in [3.05, 3.63) is 0 Å². The van der Waals surface area contributed by atoms with Gasteiger partial charge in [-0.05, 0) is 13.3 Å². The minimum atomic E-state index is -1.23. The molecule has 1 unspecified atom stereocenters. The van der Waals surface area contributed by atoms with Crippen LogP contribution in [0.25, 0.3) is 0 Å². The van der Waals surface area contributed by atoms with E-state index in [4.69, 9.17) is 10.8 Å². The summed E-state index contributed by atoms with van der Waals surface area (Å²) in [6, 6.07) is 0. The second kappa shape index (κ2) is 6.04. The van der Waals surface area contributed by atoms with E-state index < -0.39 is 11.5 Å². The highest BCUT2D eigenvalue weighted by molar-refractivity contribution is 5.77. The molecule has 0 rings (SSSR count). The van der Waals surface area contributed by atoms with Crippen molar-refractivity contribution in [3.8, 4) is 11.8 Å². The van der Waals surface area contributed by atoms with Crippen molar-refractivity contribution in [2.75, 3.05) is 6.54 Å². The van der Waals surface area contributed by atoms with E-state index in [0.717, 1.165) is 0 Å². The zero-order valence-electron chi connectivity index (χ0n) is 8.96. The maximum absolute atomic E-state index is 10.6. The fraction of sp³-hybridized carbons (Fsp3) is 0.600. The molecule has 4 N–H and O–H groups in total. The number of rotatable bonds is 4. The van der Waals surface area contributed by atoms with Gasteiger partial charge in [0.2, 0.25) is 5.91 Å². The minimum Gasteiger partial charge on any atom is -0.480 e. The van der Waals surface area contributed by atoms with Crippen LogP contribution in [0.5, 0.6) is 0 Å². The lowest BCUT2D eigenvalue weighted by Gasteiger charge is -2.16. The molecule has 1 atom stereocenters. The fourth-order valence-corrected chi connectivity index (χ4v) is 0.749. The number of hydrogen-bond donors (Lipinski definition) is 3. The normalized spacial score (nSPS) is 13.3. The summed E-state index contributed by atoms with van der Waals surface area (Å²) < 4.78 is 0. The highest BCUT2D eigenvalue weighted by Gasteiger charge is 2.26. The van der Waals surface area contributed by atoms with Gasteiger partial charge < -0.3 is 16.2 Å². The van der Waals surface area contributed by atoms with Gasteiger partial charge in [-0.2, -0.15) is 0 Å². The van der Waals surface area contributed by atoms with Crippen LogP contribution in [0.1, 0.15) is 26.7 Å². The van der Waals surface area contributed by atoms with E-state index in [-0.39, 0.29) is 18.9 Å². The average Bonchev–Trinajstić information content (AvgIpc) is 2.10. The van der Waals surface area contributed by atoms with E-state index in [1.165, 1.54) is 13.8 Å². The van der Waals surface area contributed by atoms with E-state index in [9.17, 15) is 9.59 Å². The van der Waals surface area contributed by atoms with Crippen LogP contribution in [0.4, 0.5) is 0 Å². The monoisotopic (exact) mass is 212 g/mol. The maximum atomic E-state index is 10.6. The molecule has 0 bridgehead atoms. The van der Waals surface area contributed by atoms with Crippen LogP contribution in [0, 0.1) is 11.8 Å². The Morgan fingerprint density at radius 1 is 1.47 bits per heavy atom. The number of nitrogens with two attached hydrogens (primary N) is 1. The van der Waals surface area contributed by atoms with Gasteiger partial charge in [-0.1, -0.05) is 5.92 Å². The molecular formula is C10H16N2O3. The predicted octanol–water partition coefficient (Wildman–Crippen LogP) is -0.292. The molecular weight excluding hydrogens is 196 g/mol. The lowest BCUT2D eigenvalue weighted by atomic mass is 9.98. The minimum absolute atomic E-state index is 0.140. The molecule has 0 aliphatic carbocycles. The first-order chi connectivity index (χ1) is 6.86. The molecule has 0 saturated carbocycles. The molecule has 0 saturated heterocycles. The van der Waals surface area contributed by atoms with Gasteiger partial charge in [0, 0.05) is 13.3 Å².